The Kier molecular flexibility index (Phi) is 6.49. The number of hydrogen-bond acceptors (Lipinski definition) is 11. The summed E-state index contributed by atoms with van der Waals surface area (Å²) in [6.45, 7) is 7.41. The molecule has 2 aromatic heterocycles. The molecule has 2 N–H and O–H groups in total. The summed E-state index contributed by atoms with van der Waals surface area (Å²) in [7, 11) is 4.28. The molecular formula is C26H31N9OS. The van der Waals surface area contributed by atoms with Gasteiger partial charge < -0.3 is 30.0 Å². The second-order valence-electron chi connectivity index (χ2n) is 9.68. The molecule has 0 saturated carbocycles. The molecule has 0 radical (unpaired) electrons. The highest BCUT2D eigenvalue weighted by molar-refractivity contribution is 7.21. The largest absolute Gasteiger partial charge is 0.507 e. The summed E-state index contributed by atoms with van der Waals surface area (Å²) in [5.41, 5.74) is 2.39. The van der Waals surface area contributed by atoms with Gasteiger partial charge in [0.1, 0.15) is 10.8 Å². The number of likely N-dealkylation sites (N-methyl/N-ethyl adjacent to an activating group) is 2. The first-order chi connectivity index (χ1) is 18.0. The van der Waals surface area contributed by atoms with Crippen LogP contribution in [-0.4, -0.2) is 101 Å². The standard InChI is InChI=1S/C26H31N9OS/c1-32-9-13-34(14-10-32)25-29-24(30-26(31-25)35-15-11-33(2)12-16-35)27-18-7-8-21(36)19(17-18)23-28-20-5-3-4-6-22(20)37-23/h3-8,17,36H,9-16H2,1-2H3,(H,27,29,30,31). The Hall–Kier alpha value is -3.54. The normalized spacial score (nSPS) is 17.5. The minimum absolute atomic E-state index is 0.191. The Morgan fingerprint density at radius 2 is 1.38 bits per heavy atom. The highest BCUT2D eigenvalue weighted by atomic mass is 32.1. The van der Waals surface area contributed by atoms with Crippen LogP contribution in [-0.2, 0) is 0 Å². The van der Waals surface area contributed by atoms with Crippen LogP contribution in [0.25, 0.3) is 20.8 Å². The highest BCUT2D eigenvalue weighted by Crippen LogP contribution is 2.37. The fourth-order valence-electron chi connectivity index (χ4n) is 4.61. The third-order valence-corrected chi connectivity index (χ3v) is 8.03. The Morgan fingerprint density at radius 1 is 0.757 bits per heavy atom. The Balaban J connectivity index is 1.32. The van der Waals surface area contributed by atoms with E-state index in [9.17, 15) is 5.11 Å². The number of aromatic hydroxyl groups is 1. The van der Waals surface area contributed by atoms with E-state index in [4.69, 9.17) is 19.9 Å². The summed E-state index contributed by atoms with van der Waals surface area (Å²) < 4.78 is 1.08. The van der Waals surface area contributed by atoms with Crippen LogP contribution in [0.15, 0.2) is 42.5 Å². The number of fused-ring (bicyclic) bond motifs is 1. The minimum Gasteiger partial charge on any atom is -0.507 e. The van der Waals surface area contributed by atoms with Crippen molar-refractivity contribution in [3.05, 3.63) is 42.5 Å². The molecule has 4 heterocycles. The summed E-state index contributed by atoms with van der Waals surface area (Å²) in [5, 5.41) is 14.8. The first-order valence-corrected chi connectivity index (χ1v) is 13.4. The molecule has 2 saturated heterocycles. The molecule has 0 unspecified atom stereocenters. The SMILES string of the molecule is CN1CCN(c2nc(Nc3ccc(O)c(-c4nc5ccccc5s4)c3)nc(N3CCN(C)CC3)n2)CC1. The molecule has 2 aliphatic heterocycles. The predicted molar refractivity (Wildman–Crippen MR) is 149 cm³/mol. The van der Waals surface area contributed by atoms with E-state index < -0.39 is 0 Å². The van der Waals surface area contributed by atoms with E-state index in [0.29, 0.717) is 23.4 Å². The minimum atomic E-state index is 0.191. The Labute approximate surface area is 220 Å². The molecule has 2 fully saturated rings. The number of anilines is 4. The van der Waals surface area contributed by atoms with Crippen LogP contribution in [0.4, 0.5) is 23.5 Å². The van der Waals surface area contributed by atoms with Crippen molar-refractivity contribution in [1.82, 2.24) is 29.7 Å². The lowest BCUT2D eigenvalue weighted by molar-refractivity contribution is 0.309. The molecule has 2 aliphatic rings. The molecule has 6 rings (SSSR count). The lowest BCUT2D eigenvalue weighted by Gasteiger charge is -2.34. The molecule has 2 aromatic carbocycles. The summed E-state index contributed by atoms with van der Waals surface area (Å²) in [5.74, 6) is 2.09. The van der Waals surface area contributed by atoms with Gasteiger partial charge in [-0.2, -0.15) is 15.0 Å². The van der Waals surface area contributed by atoms with Crippen LogP contribution in [0.2, 0.25) is 0 Å². The van der Waals surface area contributed by atoms with Crippen molar-refractivity contribution in [1.29, 1.82) is 0 Å². The molecule has 0 spiro atoms. The van der Waals surface area contributed by atoms with Gasteiger partial charge in [0.2, 0.25) is 17.8 Å². The van der Waals surface area contributed by atoms with Crippen molar-refractivity contribution in [3.63, 3.8) is 0 Å². The molecule has 10 nitrogen and oxygen atoms in total. The van der Waals surface area contributed by atoms with Gasteiger partial charge in [-0.3, -0.25) is 0 Å². The number of thiazole rings is 1. The molecule has 11 heteroatoms. The smallest absolute Gasteiger partial charge is 0.233 e. The summed E-state index contributed by atoms with van der Waals surface area (Å²) in [6, 6.07) is 13.4. The van der Waals surface area contributed by atoms with Crippen molar-refractivity contribution in [2.24, 2.45) is 0 Å². The second-order valence-corrected chi connectivity index (χ2v) is 10.7. The van der Waals surface area contributed by atoms with E-state index in [0.717, 1.165) is 73.3 Å². The molecule has 192 valence electrons. The zero-order chi connectivity index (χ0) is 25.4. The average molecular weight is 518 g/mol. The number of phenolic OH excluding ortho intramolecular Hbond substituents is 1. The fraction of sp³-hybridized carbons (Fsp3) is 0.385. The number of piperazine rings is 2. The number of benzene rings is 2. The van der Waals surface area contributed by atoms with Gasteiger partial charge in [0.15, 0.2) is 0 Å². The van der Waals surface area contributed by atoms with Gasteiger partial charge in [-0.1, -0.05) is 12.1 Å². The number of hydrogen-bond donors (Lipinski definition) is 2. The number of para-hydroxylation sites is 1. The summed E-state index contributed by atoms with van der Waals surface area (Å²) in [4.78, 5) is 28.3. The lowest BCUT2D eigenvalue weighted by Crippen LogP contribution is -2.46. The van der Waals surface area contributed by atoms with Gasteiger partial charge in [-0.25, -0.2) is 4.98 Å². The van der Waals surface area contributed by atoms with Crippen LogP contribution < -0.4 is 15.1 Å². The third kappa shape index (κ3) is 5.15. The van der Waals surface area contributed by atoms with E-state index in [-0.39, 0.29) is 5.75 Å². The van der Waals surface area contributed by atoms with Crippen LogP contribution in [0.1, 0.15) is 0 Å². The monoisotopic (exact) mass is 517 g/mol. The van der Waals surface area contributed by atoms with Gasteiger partial charge in [0.05, 0.1) is 15.8 Å². The van der Waals surface area contributed by atoms with E-state index in [2.05, 4.69) is 39.0 Å². The molecule has 0 amide bonds. The van der Waals surface area contributed by atoms with E-state index in [1.165, 1.54) is 0 Å². The molecule has 0 aliphatic carbocycles. The Bertz CT molecular complexity index is 1320. The van der Waals surface area contributed by atoms with Crippen molar-refractivity contribution >= 4 is 45.1 Å². The van der Waals surface area contributed by atoms with Gasteiger partial charge in [0.25, 0.3) is 0 Å². The van der Waals surface area contributed by atoms with Crippen LogP contribution in [0, 0.1) is 0 Å². The highest BCUT2D eigenvalue weighted by Gasteiger charge is 2.23. The first-order valence-electron chi connectivity index (χ1n) is 12.6. The van der Waals surface area contributed by atoms with Crippen LogP contribution in [0.5, 0.6) is 5.75 Å². The maximum atomic E-state index is 10.6. The predicted octanol–water partition coefficient (Wildman–Crippen LogP) is 3.10. The first kappa shape index (κ1) is 23.8. The molecular weight excluding hydrogens is 486 g/mol. The average Bonchev–Trinajstić information content (AvgIpc) is 3.35. The quantitative estimate of drug-likeness (QED) is 0.385. The third-order valence-electron chi connectivity index (χ3n) is 6.96. The van der Waals surface area contributed by atoms with E-state index in [1.54, 1.807) is 17.4 Å². The van der Waals surface area contributed by atoms with Crippen molar-refractivity contribution in [2.75, 3.05) is 81.6 Å². The zero-order valence-corrected chi connectivity index (χ0v) is 21.9. The zero-order valence-electron chi connectivity index (χ0n) is 21.1. The molecule has 0 bridgehead atoms. The van der Waals surface area contributed by atoms with Gasteiger partial charge in [0, 0.05) is 58.0 Å². The number of rotatable bonds is 5. The van der Waals surface area contributed by atoms with Crippen molar-refractivity contribution < 1.29 is 5.11 Å². The van der Waals surface area contributed by atoms with Gasteiger partial charge in [-0.05, 0) is 44.4 Å². The van der Waals surface area contributed by atoms with Crippen LogP contribution >= 0.6 is 11.3 Å². The van der Waals surface area contributed by atoms with Crippen molar-refractivity contribution in [2.45, 2.75) is 0 Å². The fourth-order valence-corrected chi connectivity index (χ4v) is 5.60. The maximum Gasteiger partial charge on any atom is 0.233 e. The second kappa shape index (κ2) is 10.1. The lowest BCUT2D eigenvalue weighted by atomic mass is 10.2. The van der Waals surface area contributed by atoms with Crippen molar-refractivity contribution in [3.8, 4) is 16.3 Å². The number of nitrogens with zero attached hydrogens (tertiary/aromatic N) is 8. The van der Waals surface area contributed by atoms with E-state index in [1.807, 2.05) is 36.4 Å². The summed E-state index contributed by atoms with van der Waals surface area (Å²) >= 11 is 1.56. The number of nitrogens with one attached hydrogen (secondary N) is 1. The van der Waals surface area contributed by atoms with Crippen LogP contribution in [0.3, 0.4) is 0 Å². The molecule has 0 atom stereocenters. The Morgan fingerprint density at radius 3 is 2.00 bits per heavy atom. The summed E-state index contributed by atoms with van der Waals surface area (Å²) in [6.07, 6.45) is 0. The van der Waals surface area contributed by atoms with Gasteiger partial charge in [-0.15, -0.1) is 11.3 Å². The van der Waals surface area contributed by atoms with E-state index >= 15 is 0 Å². The topological polar surface area (TPSA) is 96.8 Å². The molecule has 4 aromatic rings. The maximum absolute atomic E-state index is 10.6. The van der Waals surface area contributed by atoms with Gasteiger partial charge >= 0.3 is 0 Å². The number of aromatic nitrogens is 4. The molecule has 37 heavy (non-hydrogen) atoms. The number of phenols is 1.